The molecule has 4 heteroatoms. The largest absolute Gasteiger partial charge is 0.481 e. The predicted octanol–water partition coefficient (Wildman–Crippen LogP) is 3.31. The maximum atomic E-state index is 10.4. The first-order valence-electron chi connectivity index (χ1n) is 5.68. The van der Waals surface area contributed by atoms with Crippen LogP contribution in [0, 0.1) is 0 Å². The summed E-state index contributed by atoms with van der Waals surface area (Å²) in [5.41, 5.74) is 1.23. The molecule has 0 aliphatic heterocycles. The Morgan fingerprint density at radius 2 is 2.24 bits per heavy atom. The van der Waals surface area contributed by atoms with Gasteiger partial charge in [0, 0.05) is 16.9 Å². The van der Waals surface area contributed by atoms with Gasteiger partial charge in [-0.05, 0) is 44.6 Å². The first kappa shape index (κ1) is 14.2. The second-order valence-electron chi connectivity index (χ2n) is 4.21. The van der Waals surface area contributed by atoms with Gasteiger partial charge in [-0.2, -0.15) is 0 Å². The molecule has 0 saturated heterocycles. The molecule has 0 aromatic heterocycles. The van der Waals surface area contributed by atoms with Crippen molar-refractivity contribution in [3.63, 3.8) is 0 Å². The molecule has 0 fully saturated rings. The smallest absolute Gasteiger partial charge is 0.303 e. The van der Waals surface area contributed by atoms with Crippen LogP contribution in [0.5, 0.6) is 0 Å². The third kappa shape index (κ3) is 4.88. The van der Waals surface area contributed by atoms with Gasteiger partial charge in [-0.1, -0.05) is 28.1 Å². The summed E-state index contributed by atoms with van der Waals surface area (Å²) in [7, 11) is 2.02. The molecule has 0 bridgehead atoms. The van der Waals surface area contributed by atoms with E-state index in [1.807, 2.05) is 19.2 Å². The fourth-order valence-corrected chi connectivity index (χ4v) is 2.11. The minimum absolute atomic E-state index is 0.232. The molecule has 1 rings (SSSR count). The number of halogens is 1. The van der Waals surface area contributed by atoms with Crippen molar-refractivity contribution in [3.8, 4) is 0 Å². The molecule has 0 amide bonds. The molecule has 1 unspecified atom stereocenters. The van der Waals surface area contributed by atoms with Gasteiger partial charge in [0.25, 0.3) is 0 Å². The number of rotatable bonds is 6. The summed E-state index contributed by atoms with van der Waals surface area (Å²) in [6.07, 6.45) is 0.916. The Morgan fingerprint density at radius 1 is 1.53 bits per heavy atom. The highest BCUT2D eigenvalue weighted by Gasteiger charge is 2.11. The van der Waals surface area contributed by atoms with Gasteiger partial charge in [-0.25, -0.2) is 0 Å². The predicted molar refractivity (Wildman–Crippen MR) is 72.1 cm³/mol. The number of hydrogen-bond acceptors (Lipinski definition) is 2. The van der Waals surface area contributed by atoms with Crippen LogP contribution in [0.4, 0.5) is 0 Å². The van der Waals surface area contributed by atoms with E-state index in [1.165, 1.54) is 5.56 Å². The Morgan fingerprint density at radius 3 is 2.82 bits per heavy atom. The number of carboxylic acid groups (broad SMARTS) is 1. The Labute approximate surface area is 111 Å². The zero-order valence-electron chi connectivity index (χ0n) is 10.2. The minimum Gasteiger partial charge on any atom is -0.481 e. The van der Waals surface area contributed by atoms with Gasteiger partial charge >= 0.3 is 5.97 Å². The van der Waals surface area contributed by atoms with Crippen LogP contribution in [-0.4, -0.2) is 29.6 Å². The highest BCUT2D eigenvalue weighted by atomic mass is 79.9. The molecule has 1 aromatic carbocycles. The Balaban J connectivity index is 2.51. The summed E-state index contributed by atoms with van der Waals surface area (Å²) in [5.74, 6) is -0.728. The second kappa shape index (κ2) is 6.77. The number of benzene rings is 1. The Kier molecular flexibility index (Phi) is 5.65. The highest BCUT2D eigenvalue weighted by Crippen LogP contribution is 2.22. The molecule has 1 N–H and O–H groups in total. The maximum Gasteiger partial charge on any atom is 0.303 e. The van der Waals surface area contributed by atoms with Crippen molar-refractivity contribution in [2.45, 2.75) is 25.8 Å². The quantitative estimate of drug-likeness (QED) is 0.876. The van der Waals surface area contributed by atoms with Gasteiger partial charge in [0.2, 0.25) is 0 Å². The summed E-state index contributed by atoms with van der Waals surface area (Å²) in [5, 5.41) is 8.59. The van der Waals surface area contributed by atoms with E-state index in [9.17, 15) is 4.79 Å². The van der Waals surface area contributed by atoms with E-state index in [-0.39, 0.29) is 6.42 Å². The summed E-state index contributed by atoms with van der Waals surface area (Å²) >= 11 is 3.46. The van der Waals surface area contributed by atoms with E-state index in [0.29, 0.717) is 12.5 Å². The third-order valence-electron chi connectivity index (χ3n) is 2.89. The van der Waals surface area contributed by atoms with Crippen molar-refractivity contribution in [2.75, 3.05) is 13.6 Å². The SMILES string of the molecule is CC(c1cccc(Br)c1)N(C)CCCC(=O)O. The average molecular weight is 300 g/mol. The summed E-state index contributed by atoms with van der Waals surface area (Å²) in [4.78, 5) is 12.6. The van der Waals surface area contributed by atoms with Gasteiger partial charge in [-0.15, -0.1) is 0 Å². The molecule has 0 aliphatic carbocycles. The zero-order chi connectivity index (χ0) is 12.8. The van der Waals surface area contributed by atoms with Crippen LogP contribution in [-0.2, 0) is 4.79 Å². The van der Waals surface area contributed by atoms with Gasteiger partial charge in [0.05, 0.1) is 0 Å². The van der Waals surface area contributed by atoms with Gasteiger partial charge in [0.1, 0.15) is 0 Å². The van der Waals surface area contributed by atoms with Crippen LogP contribution < -0.4 is 0 Å². The number of aliphatic carboxylic acids is 1. The van der Waals surface area contributed by atoms with Gasteiger partial charge in [0.15, 0.2) is 0 Å². The van der Waals surface area contributed by atoms with E-state index in [2.05, 4.69) is 39.9 Å². The van der Waals surface area contributed by atoms with Gasteiger partial charge in [-0.3, -0.25) is 9.69 Å². The van der Waals surface area contributed by atoms with Crippen molar-refractivity contribution in [2.24, 2.45) is 0 Å². The van der Waals surface area contributed by atoms with E-state index < -0.39 is 5.97 Å². The van der Waals surface area contributed by atoms with Crippen LogP contribution in [0.25, 0.3) is 0 Å². The minimum atomic E-state index is -0.728. The highest BCUT2D eigenvalue weighted by molar-refractivity contribution is 9.10. The van der Waals surface area contributed by atoms with Crippen LogP contribution in [0.3, 0.4) is 0 Å². The average Bonchev–Trinajstić information content (AvgIpc) is 2.27. The standard InChI is InChI=1S/C13H18BrNO2/c1-10(11-5-3-6-12(14)9-11)15(2)8-4-7-13(16)17/h3,5-6,9-10H,4,7-8H2,1-2H3,(H,16,17). The molecular formula is C13H18BrNO2. The lowest BCUT2D eigenvalue weighted by Gasteiger charge is -2.25. The number of hydrogen-bond donors (Lipinski definition) is 1. The van der Waals surface area contributed by atoms with E-state index in [0.717, 1.165) is 11.0 Å². The lowest BCUT2D eigenvalue weighted by atomic mass is 10.1. The first-order valence-corrected chi connectivity index (χ1v) is 6.47. The summed E-state index contributed by atoms with van der Waals surface area (Å²) in [6.45, 7) is 2.92. The molecular weight excluding hydrogens is 282 g/mol. The molecule has 3 nitrogen and oxygen atoms in total. The molecule has 0 saturated carbocycles. The van der Waals surface area contributed by atoms with Crippen molar-refractivity contribution < 1.29 is 9.90 Å². The van der Waals surface area contributed by atoms with Crippen LogP contribution in [0.2, 0.25) is 0 Å². The van der Waals surface area contributed by atoms with E-state index in [4.69, 9.17) is 5.11 Å². The molecule has 0 radical (unpaired) electrons. The van der Waals surface area contributed by atoms with Crippen LogP contribution in [0.15, 0.2) is 28.7 Å². The number of nitrogens with zero attached hydrogens (tertiary/aromatic N) is 1. The fourth-order valence-electron chi connectivity index (χ4n) is 1.69. The van der Waals surface area contributed by atoms with Crippen molar-refractivity contribution in [3.05, 3.63) is 34.3 Å². The third-order valence-corrected chi connectivity index (χ3v) is 3.39. The molecule has 1 aromatic rings. The molecule has 1 atom stereocenters. The fraction of sp³-hybridized carbons (Fsp3) is 0.462. The van der Waals surface area contributed by atoms with Gasteiger partial charge < -0.3 is 5.11 Å². The summed E-state index contributed by atoms with van der Waals surface area (Å²) < 4.78 is 1.07. The molecule has 94 valence electrons. The van der Waals surface area contributed by atoms with Crippen LogP contribution in [0.1, 0.15) is 31.4 Å². The Bertz CT molecular complexity index is 381. The van der Waals surface area contributed by atoms with Crippen molar-refractivity contribution in [1.29, 1.82) is 0 Å². The topological polar surface area (TPSA) is 40.5 Å². The Hall–Kier alpha value is -0.870. The molecule has 17 heavy (non-hydrogen) atoms. The molecule has 0 spiro atoms. The second-order valence-corrected chi connectivity index (χ2v) is 5.12. The van der Waals surface area contributed by atoms with E-state index in [1.54, 1.807) is 0 Å². The number of carbonyl (C=O) groups is 1. The van der Waals surface area contributed by atoms with Crippen molar-refractivity contribution in [1.82, 2.24) is 4.90 Å². The normalized spacial score (nSPS) is 12.7. The first-order chi connectivity index (χ1) is 8.00. The monoisotopic (exact) mass is 299 g/mol. The molecule has 0 heterocycles. The zero-order valence-corrected chi connectivity index (χ0v) is 11.8. The van der Waals surface area contributed by atoms with Crippen LogP contribution >= 0.6 is 15.9 Å². The van der Waals surface area contributed by atoms with Crippen molar-refractivity contribution >= 4 is 21.9 Å². The summed E-state index contributed by atoms with van der Waals surface area (Å²) in [6, 6.07) is 8.49. The lowest BCUT2D eigenvalue weighted by Crippen LogP contribution is -2.24. The van der Waals surface area contributed by atoms with E-state index >= 15 is 0 Å². The number of carboxylic acids is 1. The maximum absolute atomic E-state index is 10.4. The molecule has 0 aliphatic rings. The lowest BCUT2D eigenvalue weighted by molar-refractivity contribution is -0.137.